The normalized spacial score (nSPS) is 11.1. The largest absolute Gasteiger partial charge is 0.338 e. The van der Waals surface area contributed by atoms with Gasteiger partial charge in [-0.05, 0) is 31.0 Å². The Balaban J connectivity index is 1.82. The van der Waals surface area contributed by atoms with Crippen LogP contribution >= 0.6 is 0 Å². The van der Waals surface area contributed by atoms with E-state index in [9.17, 15) is 14.0 Å². The molecule has 0 fully saturated rings. The molecule has 0 radical (unpaired) electrons. The van der Waals surface area contributed by atoms with Gasteiger partial charge in [0.05, 0.1) is 6.42 Å². The molecule has 3 aromatic rings. The third kappa shape index (κ3) is 4.47. The predicted octanol–water partition coefficient (Wildman–Crippen LogP) is 3.23. The van der Waals surface area contributed by atoms with Gasteiger partial charge in [-0.1, -0.05) is 31.9 Å². The summed E-state index contributed by atoms with van der Waals surface area (Å²) in [6.45, 7) is 4.84. The van der Waals surface area contributed by atoms with Crippen LogP contribution in [0.3, 0.4) is 0 Å². The van der Waals surface area contributed by atoms with Gasteiger partial charge >= 0.3 is 0 Å². The zero-order chi connectivity index (χ0) is 20.1. The molecule has 0 unspecified atom stereocenters. The van der Waals surface area contributed by atoms with Crippen molar-refractivity contribution in [2.24, 2.45) is 0 Å². The van der Waals surface area contributed by atoms with Crippen LogP contribution in [-0.4, -0.2) is 31.9 Å². The molecular formula is C21H25FN4O2. The molecule has 0 aliphatic rings. The fourth-order valence-electron chi connectivity index (χ4n) is 3.23. The molecule has 3 rings (SSSR count). The second-order valence-electron chi connectivity index (χ2n) is 6.96. The van der Waals surface area contributed by atoms with Crippen LogP contribution in [0.1, 0.15) is 43.0 Å². The van der Waals surface area contributed by atoms with E-state index >= 15 is 0 Å². The fraction of sp³-hybridized carbons (Fsp3) is 0.381. The first-order valence-corrected chi connectivity index (χ1v) is 9.57. The lowest BCUT2D eigenvalue weighted by molar-refractivity contribution is -0.131. The van der Waals surface area contributed by atoms with E-state index < -0.39 is 0 Å². The second-order valence-corrected chi connectivity index (χ2v) is 6.96. The highest BCUT2D eigenvalue weighted by Crippen LogP contribution is 2.12. The Morgan fingerprint density at radius 2 is 1.96 bits per heavy atom. The average molecular weight is 384 g/mol. The number of hydrogen-bond acceptors (Lipinski definition) is 3. The number of H-pyrrole nitrogens is 1. The molecule has 0 bridgehead atoms. The standard InChI is InChI=1S/C21H25FN4O2/c1-3-4-5-12-25(14-16-6-8-17(22)9-7-16)20(27)13-18-15(2)24-19-10-11-23-26(19)21(18)28/h6-11,23H,3-5,12-14H2,1-2H3. The van der Waals surface area contributed by atoms with E-state index in [-0.39, 0.29) is 23.7 Å². The van der Waals surface area contributed by atoms with E-state index in [1.165, 1.54) is 16.6 Å². The van der Waals surface area contributed by atoms with Crippen molar-refractivity contribution >= 4 is 11.6 Å². The number of halogens is 1. The number of fused-ring (bicyclic) bond motifs is 1. The fourth-order valence-corrected chi connectivity index (χ4v) is 3.23. The lowest BCUT2D eigenvalue weighted by Gasteiger charge is -2.23. The number of amides is 1. The number of carbonyl (C=O) groups is 1. The summed E-state index contributed by atoms with van der Waals surface area (Å²) in [5.41, 5.74) is 2.09. The van der Waals surface area contributed by atoms with Gasteiger partial charge < -0.3 is 4.90 Å². The highest BCUT2D eigenvalue weighted by Gasteiger charge is 2.19. The topological polar surface area (TPSA) is 70.5 Å². The van der Waals surface area contributed by atoms with Crippen LogP contribution in [0.2, 0.25) is 0 Å². The Morgan fingerprint density at radius 1 is 1.21 bits per heavy atom. The van der Waals surface area contributed by atoms with Gasteiger partial charge in [0.1, 0.15) is 5.82 Å². The van der Waals surface area contributed by atoms with Gasteiger partial charge in [-0.2, -0.15) is 0 Å². The Hall–Kier alpha value is -2.96. The van der Waals surface area contributed by atoms with Crippen molar-refractivity contribution in [2.75, 3.05) is 6.54 Å². The lowest BCUT2D eigenvalue weighted by atomic mass is 10.1. The first-order chi connectivity index (χ1) is 13.5. The summed E-state index contributed by atoms with van der Waals surface area (Å²) in [7, 11) is 0. The maximum absolute atomic E-state index is 13.2. The summed E-state index contributed by atoms with van der Waals surface area (Å²) in [4.78, 5) is 31.9. The molecule has 1 aromatic carbocycles. The van der Waals surface area contributed by atoms with Crippen molar-refractivity contribution in [1.82, 2.24) is 19.5 Å². The van der Waals surface area contributed by atoms with Crippen LogP contribution in [0, 0.1) is 12.7 Å². The molecule has 148 valence electrons. The minimum absolute atomic E-state index is 0.00700. The second kappa shape index (κ2) is 8.82. The zero-order valence-corrected chi connectivity index (χ0v) is 16.2. The molecule has 6 nitrogen and oxygen atoms in total. The van der Waals surface area contributed by atoms with Gasteiger partial charge in [0.2, 0.25) is 5.91 Å². The summed E-state index contributed by atoms with van der Waals surface area (Å²) in [5.74, 6) is -0.435. The Bertz CT molecular complexity index is 1010. The summed E-state index contributed by atoms with van der Waals surface area (Å²) in [5, 5.41) is 2.83. The first kappa shape index (κ1) is 19.8. The molecule has 0 saturated heterocycles. The molecule has 0 aliphatic heterocycles. The minimum Gasteiger partial charge on any atom is -0.338 e. The predicted molar refractivity (Wildman–Crippen MR) is 106 cm³/mol. The summed E-state index contributed by atoms with van der Waals surface area (Å²) >= 11 is 0. The number of aromatic nitrogens is 3. The van der Waals surface area contributed by atoms with Gasteiger partial charge in [0, 0.05) is 36.6 Å². The van der Waals surface area contributed by atoms with Crippen LogP contribution in [0.4, 0.5) is 4.39 Å². The van der Waals surface area contributed by atoms with E-state index in [1.807, 2.05) is 0 Å². The molecule has 0 saturated carbocycles. The number of aryl methyl sites for hydroxylation is 1. The third-order valence-corrected chi connectivity index (χ3v) is 4.84. The number of carbonyl (C=O) groups excluding carboxylic acids is 1. The van der Waals surface area contributed by atoms with Crippen molar-refractivity contribution in [3.63, 3.8) is 0 Å². The van der Waals surface area contributed by atoms with Gasteiger partial charge in [0.25, 0.3) is 5.56 Å². The van der Waals surface area contributed by atoms with E-state index in [0.29, 0.717) is 30.0 Å². The van der Waals surface area contributed by atoms with Gasteiger partial charge in [-0.15, -0.1) is 0 Å². The van der Waals surface area contributed by atoms with Crippen LogP contribution in [0.5, 0.6) is 0 Å². The van der Waals surface area contributed by atoms with Gasteiger partial charge in [-0.3, -0.25) is 14.7 Å². The molecule has 0 aliphatic carbocycles. The van der Waals surface area contributed by atoms with Crippen LogP contribution in [0.15, 0.2) is 41.3 Å². The highest BCUT2D eigenvalue weighted by atomic mass is 19.1. The van der Waals surface area contributed by atoms with E-state index in [1.54, 1.807) is 36.2 Å². The van der Waals surface area contributed by atoms with Crippen LogP contribution in [-0.2, 0) is 17.8 Å². The molecule has 28 heavy (non-hydrogen) atoms. The van der Waals surface area contributed by atoms with Crippen molar-refractivity contribution in [1.29, 1.82) is 0 Å². The Labute approximate surface area is 163 Å². The molecule has 2 heterocycles. The molecular weight excluding hydrogens is 359 g/mol. The average Bonchev–Trinajstić information content (AvgIpc) is 3.14. The number of nitrogens with one attached hydrogen (secondary N) is 1. The minimum atomic E-state index is -0.304. The molecule has 7 heteroatoms. The number of rotatable bonds is 8. The summed E-state index contributed by atoms with van der Waals surface area (Å²) in [6, 6.07) is 7.86. The van der Waals surface area contributed by atoms with E-state index in [2.05, 4.69) is 17.0 Å². The Kier molecular flexibility index (Phi) is 6.23. The molecule has 0 spiro atoms. The summed E-state index contributed by atoms with van der Waals surface area (Å²) in [6.07, 6.45) is 4.58. The van der Waals surface area contributed by atoms with Gasteiger partial charge in [0.15, 0.2) is 5.65 Å². The third-order valence-electron chi connectivity index (χ3n) is 4.84. The maximum atomic E-state index is 13.2. The molecule has 0 atom stereocenters. The van der Waals surface area contributed by atoms with Crippen LogP contribution in [0.25, 0.3) is 5.65 Å². The monoisotopic (exact) mass is 384 g/mol. The van der Waals surface area contributed by atoms with Crippen molar-refractivity contribution < 1.29 is 9.18 Å². The van der Waals surface area contributed by atoms with Crippen molar-refractivity contribution in [3.8, 4) is 0 Å². The Morgan fingerprint density at radius 3 is 2.68 bits per heavy atom. The van der Waals surface area contributed by atoms with E-state index in [0.717, 1.165) is 24.8 Å². The number of unbranched alkanes of at least 4 members (excludes halogenated alkanes) is 2. The lowest BCUT2D eigenvalue weighted by Crippen LogP contribution is -2.35. The number of hydrogen-bond donors (Lipinski definition) is 1. The number of nitrogens with zero attached hydrogens (tertiary/aromatic N) is 3. The molecule has 1 amide bonds. The number of aromatic amines is 1. The maximum Gasteiger partial charge on any atom is 0.276 e. The SMILES string of the molecule is CCCCCN(Cc1ccc(F)cc1)C(=O)Cc1c(C)nc2cc[nH]n2c1=O. The smallest absolute Gasteiger partial charge is 0.276 e. The highest BCUT2D eigenvalue weighted by molar-refractivity contribution is 5.79. The van der Waals surface area contributed by atoms with Crippen molar-refractivity contribution in [2.45, 2.75) is 46.1 Å². The molecule has 2 aromatic heterocycles. The summed E-state index contributed by atoms with van der Waals surface area (Å²) < 4.78 is 14.5. The van der Waals surface area contributed by atoms with Crippen LogP contribution < -0.4 is 5.56 Å². The molecule has 1 N–H and O–H groups in total. The number of benzene rings is 1. The van der Waals surface area contributed by atoms with E-state index in [4.69, 9.17) is 0 Å². The van der Waals surface area contributed by atoms with Crippen molar-refractivity contribution in [3.05, 3.63) is 69.5 Å². The van der Waals surface area contributed by atoms with Gasteiger partial charge in [-0.25, -0.2) is 13.9 Å². The first-order valence-electron chi connectivity index (χ1n) is 9.57. The quantitative estimate of drug-likeness (QED) is 0.606. The zero-order valence-electron chi connectivity index (χ0n) is 16.2.